The van der Waals surface area contributed by atoms with Crippen LogP contribution in [0.4, 0.5) is 14.9 Å². The van der Waals surface area contributed by atoms with Crippen molar-refractivity contribution >= 4 is 22.7 Å². The van der Waals surface area contributed by atoms with Crippen molar-refractivity contribution in [3.8, 4) is 11.6 Å². The predicted molar refractivity (Wildman–Crippen MR) is 116 cm³/mol. The number of rotatable bonds is 7. The predicted octanol–water partition coefficient (Wildman–Crippen LogP) is 4.86. The minimum absolute atomic E-state index is 0.0275. The van der Waals surface area contributed by atoms with Gasteiger partial charge < -0.3 is 14.2 Å². The number of nitrogens with zero attached hydrogens (tertiary/aromatic N) is 3. The Morgan fingerprint density at radius 1 is 1.06 bits per heavy atom. The molecule has 33 heavy (non-hydrogen) atoms. The fraction of sp³-hybridized carbons (Fsp3) is 0.130. The van der Waals surface area contributed by atoms with Crippen LogP contribution in [-0.4, -0.2) is 28.0 Å². The van der Waals surface area contributed by atoms with Crippen molar-refractivity contribution < 1.29 is 28.3 Å². The number of nitro groups is 1. The van der Waals surface area contributed by atoms with Gasteiger partial charge in [-0.15, -0.1) is 5.10 Å². The Bertz CT molecular complexity index is 1300. The topological polar surface area (TPSA) is 106 Å². The summed E-state index contributed by atoms with van der Waals surface area (Å²) in [5.41, 5.74) is 1.99. The maximum atomic E-state index is 13.2. The van der Waals surface area contributed by atoms with E-state index in [1.54, 1.807) is 35.0 Å². The van der Waals surface area contributed by atoms with Gasteiger partial charge in [-0.3, -0.25) is 14.8 Å². The summed E-state index contributed by atoms with van der Waals surface area (Å²) in [7, 11) is 1.52. The fourth-order valence-corrected chi connectivity index (χ4v) is 3.18. The number of hydrogen-bond donors (Lipinski definition) is 0. The van der Waals surface area contributed by atoms with Gasteiger partial charge in [0.05, 0.1) is 29.5 Å². The lowest BCUT2D eigenvalue weighted by Gasteiger charge is -2.05. The van der Waals surface area contributed by atoms with E-state index >= 15 is 0 Å². The lowest BCUT2D eigenvalue weighted by molar-refractivity contribution is -0.384. The molecule has 0 aliphatic heterocycles. The third-order valence-electron chi connectivity index (χ3n) is 4.85. The first-order valence-corrected chi connectivity index (χ1v) is 9.80. The van der Waals surface area contributed by atoms with Crippen molar-refractivity contribution in [3.05, 3.63) is 93.8 Å². The Labute approximate surface area is 187 Å². The van der Waals surface area contributed by atoms with Gasteiger partial charge in [0, 0.05) is 12.1 Å². The van der Waals surface area contributed by atoms with Crippen LogP contribution in [0.5, 0.6) is 11.6 Å². The lowest BCUT2D eigenvalue weighted by atomic mass is 10.2. The zero-order valence-electron chi connectivity index (χ0n) is 17.4. The van der Waals surface area contributed by atoms with Crippen LogP contribution in [0.25, 0.3) is 10.9 Å². The Morgan fingerprint density at radius 2 is 1.76 bits per heavy atom. The molecule has 1 aromatic heterocycles. The summed E-state index contributed by atoms with van der Waals surface area (Å²) in [5, 5.41) is 15.6. The van der Waals surface area contributed by atoms with Gasteiger partial charge in [0.25, 0.3) is 11.6 Å². The van der Waals surface area contributed by atoms with E-state index in [1.807, 2.05) is 0 Å². The highest BCUT2D eigenvalue weighted by Crippen LogP contribution is 2.30. The van der Waals surface area contributed by atoms with E-state index in [0.717, 1.165) is 5.56 Å². The molecule has 0 fully saturated rings. The van der Waals surface area contributed by atoms with Gasteiger partial charge in [0.2, 0.25) is 0 Å². The first-order chi connectivity index (χ1) is 15.9. The van der Waals surface area contributed by atoms with Crippen LogP contribution < -0.4 is 9.47 Å². The number of hydrogen-bond acceptors (Lipinski definition) is 7. The smallest absolute Gasteiger partial charge is 0.497 e. The van der Waals surface area contributed by atoms with Crippen LogP contribution >= 0.6 is 0 Å². The normalized spacial score (nSPS) is 10.7. The van der Waals surface area contributed by atoms with E-state index in [-0.39, 0.29) is 24.0 Å². The molecule has 0 spiro atoms. The molecule has 0 aliphatic carbocycles. The van der Waals surface area contributed by atoms with Gasteiger partial charge in [-0.2, -0.15) is 0 Å². The van der Waals surface area contributed by atoms with Crippen molar-refractivity contribution in [2.45, 2.75) is 13.2 Å². The molecule has 0 bridgehead atoms. The number of carbonyl (C=O) groups excluding carboxylic acids is 1. The second-order valence-electron chi connectivity index (χ2n) is 7.04. The molecule has 0 atom stereocenters. The zero-order chi connectivity index (χ0) is 23.4. The Kier molecular flexibility index (Phi) is 6.16. The standard InChI is InChI=1S/C23H18FN3O6/c1-31-19-10-11-21-20(12-19)22(25-26(21)13-15-2-6-17(24)7-3-15)33-23(28)32-14-16-4-8-18(9-5-16)27(29)30/h2-12H,13-14H2,1H3. The van der Waals surface area contributed by atoms with Crippen molar-refractivity contribution in [3.63, 3.8) is 0 Å². The van der Waals surface area contributed by atoms with Crippen LogP contribution in [0.15, 0.2) is 66.7 Å². The molecular weight excluding hydrogens is 433 g/mol. The number of nitro benzene ring substituents is 1. The number of ether oxygens (including phenoxy) is 3. The summed E-state index contributed by atoms with van der Waals surface area (Å²) in [4.78, 5) is 22.5. The summed E-state index contributed by atoms with van der Waals surface area (Å²) in [6, 6.07) is 16.8. The number of aromatic nitrogens is 2. The summed E-state index contributed by atoms with van der Waals surface area (Å²) in [6.45, 7) is 0.193. The molecule has 0 saturated heterocycles. The number of carbonyl (C=O) groups is 1. The molecule has 4 aromatic rings. The molecule has 168 valence electrons. The monoisotopic (exact) mass is 451 g/mol. The van der Waals surface area contributed by atoms with Gasteiger partial charge in [0.1, 0.15) is 18.2 Å². The first-order valence-electron chi connectivity index (χ1n) is 9.80. The summed E-state index contributed by atoms with van der Waals surface area (Å²) in [5.74, 6) is 0.237. The van der Waals surface area contributed by atoms with E-state index in [9.17, 15) is 19.3 Å². The van der Waals surface area contributed by atoms with E-state index in [2.05, 4.69) is 5.10 Å². The van der Waals surface area contributed by atoms with Crippen LogP contribution in [0.3, 0.4) is 0 Å². The molecule has 0 aliphatic rings. The van der Waals surface area contributed by atoms with Crippen LogP contribution in [0, 0.1) is 15.9 Å². The Hall–Kier alpha value is -4.47. The third kappa shape index (κ3) is 5.06. The van der Waals surface area contributed by atoms with Crippen LogP contribution in [0.1, 0.15) is 11.1 Å². The largest absolute Gasteiger partial charge is 0.515 e. The average molecular weight is 451 g/mol. The summed E-state index contributed by atoms with van der Waals surface area (Å²) >= 11 is 0. The molecule has 0 saturated carbocycles. The van der Waals surface area contributed by atoms with Gasteiger partial charge in [-0.05, 0) is 53.6 Å². The molecule has 0 radical (unpaired) electrons. The zero-order valence-corrected chi connectivity index (χ0v) is 17.4. The third-order valence-corrected chi connectivity index (χ3v) is 4.85. The molecule has 10 heteroatoms. The molecular formula is C23H18FN3O6. The number of non-ortho nitro benzene ring substituents is 1. The molecule has 0 unspecified atom stereocenters. The van der Waals surface area contributed by atoms with Crippen molar-refractivity contribution in [2.75, 3.05) is 7.11 Å². The first kappa shape index (κ1) is 21.8. The maximum Gasteiger partial charge on any atom is 0.515 e. The molecule has 1 heterocycles. The van der Waals surface area contributed by atoms with Crippen LogP contribution in [-0.2, 0) is 17.9 Å². The van der Waals surface area contributed by atoms with Gasteiger partial charge in [-0.1, -0.05) is 12.1 Å². The van der Waals surface area contributed by atoms with Crippen LogP contribution in [0.2, 0.25) is 0 Å². The minimum Gasteiger partial charge on any atom is -0.497 e. The van der Waals surface area contributed by atoms with Gasteiger partial charge in [0.15, 0.2) is 0 Å². The highest BCUT2D eigenvalue weighted by Gasteiger charge is 2.18. The summed E-state index contributed by atoms with van der Waals surface area (Å²) < 4.78 is 30.6. The fourth-order valence-electron chi connectivity index (χ4n) is 3.18. The van der Waals surface area contributed by atoms with Gasteiger partial charge in [-0.25, -0.2) is 9.18 Å². The number of fused-ring (bicyclic) bond motifs is 1. The molecule has 4 rings (SSSR count). The lowest BCUT2D eigenvalue weighted by Crippen LogP contribution is -2.11. The highest BCUT2D eigenvalue weighted by atomic mass is 19.1. The van der Waals surface area contributed by atoms with E-state index in [4.69, 9.17) is 14.2 Å². The maximum absolute atomic E-state index is 13.2. The Morgan fingerprint density at radius 3 is 2.42 bits per heavy atom. The number of halogens is 1. The van der Waals surface area contributed by atoms with E-state index in [0.29, 0.717) is 28.8 Å². The number of methoxy groups -OCH3 is 1. The van der Waals surface area contributed by atoms with E-state index in [1.165, 1.54) is 43.5 Å². The Balaban J connectivity index is 1.52. The number of benzene rings is 3. The van der Waals surface area contributed by atoms with Crippen molar-refractivity contribution in [1.29, 1.82) is 0 Å². The molecule has 0 N–H and O–H groups in total. The second kappa shape index (κ2) is 9.35. The molecule has 0 amide bonds. The molecule has 3 aromatic carbocycles. The SMILES string of the molecule is COc1ccc2c(c1)c(OC(=O)OCc1ccc([N+](=O)[O-])cc1)nn2Cc1ccc(F)cc1. The average Bonchev–Trinajstić information content (AvgIpc) is 3.15. The highest BCUT2D eigenvalue weighted by molar-refractivity contribution is 5.87. The second-order valence-corrected chi connectivity index (χ2v) is 7.04. The molecule has 9 nitrogen and oxygen atoms in total. The minimum atomic E-state index is -0.982. The van der Waals surface area contributed by atoms with Crippen molar-refractivity contribution in [1.82, 2.24) is 9.78 Å². The quantitative estimate of drug-likeness (QED) is 0.224. The van der Waals surface area contributed by atoms with E-state index < -0.39 is 11.1 Å². The van der Waals surface area contributed by atoms with Gasteiger partial charge >= 0.3 is 6.16 Å². The summed E-state index contributed by atoms with van der Waals surface area (Å²) in [6.07, 6.45) is -0.982. The van der Waals surface area contributed by atoms with Crippen molar-refractivity contribution in [2.24, 2.45) is 0 Å².